The number of halogens is 2. The van der Waals surface area contributed by atoms with Gasteiger partial charge in [0, 0.05) is 6.42 Å². The number of nitrogens with two attached hydrogens (primary N) is 1. The molecule has 2 aromatic rings. The van der Waals surface area contributed by atoms with Gasteiger partial charge in [0.25, 0.3) is 0 Å². The Morgan fingerprint density at radius 2 is 2.15 bits per heavy atom. The largest absolute Gasteiger partial charge is 0.411 e. The van der Waals surface area contributed by atoms with Crippen molar-refractivity contribution in [3.8, 4) is 0 Å². The Balaban J connectivity index is 1.72. The maximum absolute atomic E-state index is 13.4. The van der Waals surface area contributed by atoms with Crippen LogP contribution >= 0.6 is 15.9 Å². The van der Waals surface area contributed by atoms with Gasteiger partial charge in [-0.15, -0.1) is 0 Å². The molecule has 0 saturated heterocycles. The van der Waals surface area contributed by atoms with Crippen LogP contribution in [0.25, 0.3) is 0 Å². The Morgan fingerprint density at radius 1 is 1.41 bits per heavy atom. The van der Waals surface area contributed by atoms with Crippen molar-refractivity contribution in [3.05, 3.63) is 45.4 Å². The average molecular weight is 461 g/mol. The lowest BCUT2D eigenvalue weighted by molar-refractivity contribution is 0.299. The zero-order valence-electron chi connectivity index (χ0n) is 14.2. The van der Waals surface area contributed by atoms with Gasteiger partial charge < -0.3 is 5.21 Å². The number of benzene rings is 1. The fourth-order valence-electron chi connectivity index (χ4n) is 3.05. The van der Waals surface area contributed by atoms with Crippen LogP contribution in [-0.4, -0.2) is 35.4 Å². The Bertz CT molecular complexity index is 973. The van der Waals surface area contributed by atoms with Gasteiger partial charge in [-0.2, -0.15) is 0 Å². The molecule has 8 nitrogen and oxygen atoms in total. The van der Waals surface area contributed by atoms with E-state index in [1.54, 1.807) is 12.1 Å². The summed E-state index contributed by atoms with van der Waals surface area (Å²) in [5.74, 6) is -0.458. The number of oxime groups is 1. The molecule has 27 heavy (non-hydrogen) atoms. The molecule has 1 fully saturated rings. The van der Waals surface area contributed by atoms with E-state index < -0.39 is 15.8 Å². The highest BCUT2D eigenvalue weighted by molar-refractivity contribution is 9.10. The molecule has 1 aliphatic carbocycles. The number of aryl methyl sites for hydroxylation is 1. The number of hydrogen-bond donors (Lipinski definition) is 2. The second-order valence-electron chi connectivity index (χ2n) is 6.84. The lowest BCUT2D eigenvalue weighted by Crippen LogP contribution is -2.24. The first kappa shape index (κ1) is 19.9. The van der Waals surface area contributed by atoms with Crippen LogP contribution < -0.4 is 5.14 Å². The van der Waals surface area contributed by atoms with Crippen molar-refractivity contribution in [3.63, 3.8) is 0 Å². The van der Waals surface area contributed by atoms with Crippen LogP contribution in [0.5, 0.6) is 0 Å². The fraction of sp³-hybridized carbons (Fsp3) is 0.438. The lowest BCUT2D eigenvalue weighted by Gasteiger charge is -2.12. The molecule has 3 N–H and O–H groups in total. The van der Waals surface area contributed by atoms with Crippen LogP contribution in [0.15, 0.2) is 32.5 Å². The van der Waals surface area contributed by atoms with Crippen molar-refractivity contribution in [1.29, 1.82) is 0 Å². The summed E-state index contributed by atoms with van der Waals surface area (Å²) in [6, 6.07) is 4.46. The summed E-state index contributed by atoms with van der Waals surface area (Å²) in [4.78, 5) is 0. The van der Waals surface area contributed by atoms with Gasteiger partial charge in [0.15, 0.2) is 5.69 Å². The molecule has 1 aromatic carbocycles. The van der Waals surface area contributed by atoms with Gasteiger partial charge in [-0.05, 0) is 69.9 Å². The van der Waals surface area contributed by atoms with E-state index in [1.165, 1.54) is 6.07 Å². The van der Waals surface area contributed by atoms with Crippen molar-refractivity contribution in [2.45, 2.75) is 32.1 Å². The monoisotopic (exact) mass is 460 g/mol. The van der Waals surface area contributed by atoms with Crippen LogP contribution in [0.2, 0.25) is 0 Å². The van der Waals surface area contributed by atoms with Gasteiger partial charge in [0.2, 0.25) is 10.0 Å². The predicted octanol–water partition coefficient (Wildman–Crippen LogP) is 2.39. The summed E-state index contributed by atoms with van der Waals surface area (Å²) in [7, 11) is -3.55. The number of nitrogens with zero attached hydrogens (tertiary/aromatic N) is 3. The average Bonchev–Trinajstić information content (AvgIpc) is 3.17. The van der Waals surface area contributed by atoms with Gasteiger partial charge in [-0.3, -0.25) is 0 Å². The van der Waals surface area contributed by atoms with Crippen LogP contribution in [0.3, 0.4) is 0 Å². The molecule has 1 saturated carbocycles. The van der Waals surface area contributed by atoms with E-state index in [2.05, 4.69) is 31.4 Å². The summed E-state index contributed by atoms with van der Waals surface area (Å²) in [5, 5.41) is 25.5. The van der Waals surface area contributed by atoms with Crippen molar-refractivity contribution in [2.24, 2.45) is 15.7 Å². The van der Waals surface area contributed by atoms with Crippen molar-refractivity contribution < 1.29 is 22.6 Å². The second kappa shape index (κ2) is 7.64. The molecule has 0 aliphatic heterocycles. The Morgan fingerprint density at radius 3 is 2.74 bits per heavy atom. The van der Waals surface area contributed by atoms with Crippen LogP contribution in [-0.2, 0) is 22.9 Å². The predicted molar refractivity (Wildman–Crippen MR) is 98.4 cm³/mol. The molecular formula is C16H18BrFN4O4S. The van der Waals surface area contributed by atoms with Crippen LogP contribution in [0.1, 0.15) is 36.2 Å². The molecule has 0 radical (unpaired) electrons. The van der Waals surface area contributed by atoms with E-state index in [1.807, 2.05) is 0 Å². The molecule has 0 spiro atoms. The molecule has 0 unspecified atom stereocenters. The third-order valence-corrected chi connectivity index (χ3v) is 6.29. The maximum Gasteiger partial charge on any atom is 0.209 e. The fourth-order valence-corrected chi connectivity index (χ4v) is 4.77. The summed E-state index contributed by atoms with van der Waals surface area (Å²) in [5.41, 5.74) is 1.37. The molecule has 1 aliphatic rings. The Labute approximate surface area is 163 Å². The Hall–Kier alpha value is -1.85. The molecular weight excluding hydrogens is 443 g/mol. The highest BCUT2D eigenvalue weighted by Gasteiger charge is 2.45. The van der Waals surface area contributed by atoms with Gasteiger partial charge in [0.1, 0.15) is 17.2 Å². The highest BCUT2D eigenvalue weighted by atomic mass is 79.9. The SMILES string of the molecule is NS(=O)(=O)CC1(CCc2nonc2/C(Cc2ccc(F)c(Br)c2)=N/O)CC1. The van der Waals surface area contributed by atoms with E-state index in [9.17, 15) is 18.0 Å². The second-order valence-corrected chi connectivity index (χ2v) is 9.31. The molecule has 1 heterocycles. The third kappa shape index (κ3) is 5.11. The van der Waals surface area contributed by atoms with Crippen molar-refractivity contribution in [1.82, 2.24) is 10.3 Å². The molecule has 11 heteroatoms. The van der Waals surface area contributed by atoms with E-state index in [-0.39, 0.29) is 23.3 Å². The zero-order chi connectivity index (χ0) is 19.7. The minimum atomic E-state index is -3.55. The molecule has 0 atom stereocenters. The highest BCUT2D eigenvalue weighted by Crippen LogP contribution is 2.50. The minimum Gasteiger partial charge on any atom is -0.411 e. The molecule has 3 rings (SSSR count). The van der Waals surface area contributed by atoms with Crippen LogP contribution in [0.4, 0.5) is 4.39 Å². The summed E-state index contributed by atoms with van der Waals surface area (Å²) in [6.07, 6.45) is 2.74. The topological polar surface area (TPSA) is 132 Å². The van der Waals surface area contributed by atoms with Gasteiger partial charge >= 0.3 is 0 Å². The standard InChI is InChI=1S/C16H18BrFN4O4S/c17-11-7-10(1-2-12(11)18)8-14(20-23)15-13(21-26-22-15)3-4-16(5-6-16)9-27(19,24)25/h1-2,7,23H,3-6,8-9H2,(H2,19,24,25)/b20-14+. The van der Waals surface area contributed by atoms with Gasteiger partial charge in [-0.25, -0.2) is 22.6 Å². The number of primary sulfonamides is 1. The van der Waals surface area contributed by atoms with Crippen molar-refractivity contribution >= 4 is 31.7 Å². The van der Waals surface area contributed by atoms with Gasteiger partial charge in [-0.1, -0.05) is 16.4 Å². The number of rotatable bonds is 8. The smallest absolute Gasteiger partial charge is 0.209 e. The molecule has 0 amide bonds. The van der Waals surface area contributed by atoms with E-state index in [4.69, 9.17) is 9.77 Å². The van der Waals surface area contributed by atoms with Gasteiger partial charge in [0.05, 0.1) is 10.2 Å². The molecule has 146 valence electrons. The number of aromatic nitrogens is 2. The maximum atomic E-state index is 13.4. The van der Waals surface area contributed by atoms with Crippen molar-refractivity contribution in [2.75, 3.05) is 5.75 Å². The Kier molecular flexibility index (Phi) is 5.63. The van der Waals surface area contributed by atoms with E-state index in [0.717, 1.165) is 12.8 Å². The first-order valence-corrected chi connectivity index (χ1v) is 10.7. The minimum absolute atomic E-state index is 0.0643. The number of hydrogen-bond acceptors (Lipinski definition) is 7. The van der Waals surface area contributed by atoms with E-state index in [0.29, 0.717) is 34.3 Å². The molecule has 0 bridgehead atoms. The normalized spacial score (nSPS) is 16.5. The van der Waals surface area contributed by atoms with Crippen LogP contribution in [0, 0.1) is 11.2 Å². The van der Waals surface area contributed by atoms with E-state index >= 15 is 0 Å². The summed E-state index contributed by atoms with van der Waals surface area (Å²) >= 11 is 3.12. The first-order valence-electron chi connectivity index (χ1n) is 8.18. The first-order chi connectivity index (χ1) is 12.7. The summed E-state index contributed by atoms with van der Waals surface area (Å²) in [6.45, 7) is 0. The zero-order valence-corrected chi connectivity index (χ0v) is 16.6. The summed E-state index contributed by atoms with van der Waals surface area (Å²) < 4.78 is 41.2. The quantitative estimate of drug-likeness (QED) is 0.353. The third-order valence-electron chi connectivity index (χ3n) is 4.66. The number of sulfonamides is 1. The lowest BCUT2D eigenvalue weighted by atomic mass is 9.98. The molecule has 1 aromatic heterocycles.